The van der Waals surface area contributed by atoms with Crippen LogP contribution in [0.1, 0.15) is 32.6 Å². The van der Waals surface area contributed by atoms with E-state index in [9.17, 15) is 14.0 Å². The molecule has 1 aliphatic rings. The molecule has 2 amide bonds. The van der Waals surface area contributed by atoms with Gasteiger partial charge in [0.1, 0.15) is 5.82 Å². The van der Waals surface area contributed by atoms with Crippen LogP contribution in [-0.2, 0) is 23.4 Å². The van der Waals surface area contributed by atoms with Crippen LogP contribution in [0.3, 0.4) is 0 Å². The number of nitrogens with zero attached hydrogens (tertiary/aromatic N) is 3. The Morgan fingerprint density at radius 2 is 1.47 bits per heavy atom. The van der Waals surface area contributed by atoms with Gasteiger partial charge in [-0.1, -0.05) is 84.9 Å². The molecule has 190 valence electrons. The molecule has 0 spiro atoms. The zero-order valence-corrected chi connectivity index (χ0v) is 20.9. The van der Waals surface area contributed by atoms with E-state index in [0.29, 0.717) is 12.1 Å². The number of nitrogens with two attached hydrogens (primary N) is 1. The molecule has 0 aliphatic carbocycles. The average molecular weight is 507 g/mol. The summed E-state index contributed by atoms with van der Waals surface area (Å²) in [5.74, 6) is -0.642. The molecule has 1 aliphatic heterocycles. The Balaban J connectivity index is 1.40. The summed E-state index contributed by atoms with van der Waals surface area (Å²) >= 11 is 0. The zero-order chi connectivity index (χ0) is 26.7. The Labute approximate surface area is 220 Å². The number of carbonyl (C=O) groups is 2. The second-order valence-corrected chi connectivity index (χ2v) is 9.29. The fourth-order valence-electron chi connectivity index (χ4n) is 4.77. The van der Waals surface area contributed by atoms with Crippen LogP contribution in [-0.4, -0.2) is 34.6 Å². The molecule has 0 bridgehead atoms. The van der Waals surface area contributed by atoms with Crippen molar-refractivity contribution in [2.75, 3.05) is 7.05 Å². The fourth-order valence-corrected chi connectivity index (χ4v) is 4.77. The molecule has 6 nitrogen and oxygen atoms in total. The number of amides is 2. The van der Waals surface area contributed by atoms with Crippen molar-refractivity contribution in [3.05, 3.63) is 143 Å². The SMILES string of the molecule is CN(Cc1ccc(F)cc1)C(=O)c1cccc(CN2C(=O)C(c3ccccc3)(c3ccccc3)N=C2N)c1. The van der Waals surface area contributed by atoms with E-state index in [1.165, 1.54) is 17.0 Å². The second-order valence-electron chi connectivity index (χ2n) is 9.29. The van der Waals surface area contributed by atoms with Crippen molar-refractivity contribution in [1.82, 2.24) is 9.80 Å². The smallest absolute Gasteiger partial charge is 0.266 e. The summed E-state index contributed by atoms with van der Waals surface area (Å²) in [6.45, 7) is 0.503. The van der Waals surface area contributed by atoms with E-state index < -0.39 is 5.54 Å². The summed E-state index contributed by atoms with van der Waals surface area (Å²) in [4.78, 5) is 34.9. The number of halogens is 1. The Kier molecular flexibility index (Phi) is 6.75. The second kappa shape index (κ2) is 10.3. The summed E-state index contributed by atoms with van der Waals surface area (Å²) < 4.78 is 13.2. The molecule has 38 heavy (non-hydrogen) atoms. The van der Waals surface area contributed by atoms with Crippen molar-refractivity contribution in [2.45, 2.75) is 18.6 Å². The van der Waals surface area contributed by atoms with E-state index in [0.717, 1.165) is 22.3 Å². The minimum Gasteiger partial charge on any atom is -0.369 e. The number of benzene rings is 4. The van der Waals surface area contributed by atoms with Crippen LogP contribution in [0.25, 0.3) is 0 Å². The summed E-state index contributed by atoms with van der Waals surface area (Å²) in [5.41, 5.74) is 8.59. The molecule has 5 rings (SSSR count). The third-order valence-electron chi connectivity index (χ3n) is 6.69. The molecule has 4 aromatic rings. The zero-order valence-electron chi connectivity index (χ0n) is 20.9. The topological polar surface area (TPSA) is 79.0 Å². The quantitative estimate of drug-likeness (QED) is 0.395. The van der Waals surface area contributed by atoms with Gasteiger partial charge in [0.2, 0.25) is 0 Å². The first kappa shape index (κ1) is 24.9. The first-order valence-corrected chi connectivity index (χ1v) is 12.3. The number of guanidine groups is 1. The normalized spacial score (nSPS) is 14.3. The van der Waals surface area contributed by atoms with E-state index in [2.05, 4.69) is 0 Å². The molecule has 0 aromatic heterocycles. The molecule has 0 atom stereocenters. The predicted molar refractivity (Wildman–Crippen MR) is 144 cm³/mol. The van der Waals surface area contributed by atoms with Gasteiger partial charge in [-0.25, -0.2) is 9.38 Å². The first-order valence-electron chi connectivity index (χ1n) is 12.3. The van der Waals surface area contributed by atoms with Crippen molar-refractivity contribution in [2.24, 2.45) is 10.7 Å². The fraction of sp³-hybridized carbons (Fsp3) is 0.129. The van der Waals surface area contributed by atoms with E-state index in [1.807, 2.05) is 66.7 Å². The van der Waals surface area contributed by atoms with Gasteiger partial charge in [-0.15, -0.1) is 0 Å². The van der Waals surface area contributed by atoms with Gasteiger partial charge < -0.3 is 10.6 Å². The van der Waals surface area contributed by atoms with Crippen LogP contribution < -0.4 is 5.73 Å². The molecule has 4 aromatic carbocycles. The van der Waals surface area contributed by atoms with Crippen molar-refractivity contribution in [3.8, 4) is 0 Å². The van der Waals surface area contributed by atoms with Gasteiger partial charge in [-0.3, -0.25) is 14.5 Å². The van der Waals surface area contributed by atoms with Gasteiger partial charge in [0.15, 0.2) is 11.5 Å². The van der Waals surface area contributed by atoms with Crippen LogP contribution in [0.5, 0.6) is 0 Å². The Bertz CT molecular complexity index is 1450. The lowest BCUT2D eigenvalue weighted by Gasteiger charge is -2.27. The lowest BCUT2D eigenvalue weighted by Crippen LogP contribution is -2.43. The Hall–Kier alpha value is -4.78. The number of carbonyl (C=O) groups excluding carboxylic acids is 2. The van der Waals surface area contributed by atoms with Gasteiger partial charge in [-0.05, 0) is 46.5 Å². The maximum absolute atomic E-state index is 14.0. The van der Waals surface area contributed by atoms with Crippen LogP contribution in [0.4, 0.5) is 4.39 Å². The highest BCUT2D eigenvalue weighted by Crippen LogP contribution is 2.40. The van der Waals surface area contributed by atoms with Crippen LogP contribution >= 0.6 is 0 Å². The van der Waals surface area contributed by atoms with Crippen molar-refractivity contribution in [1.29, 1.82) is 0 Å². The highest BCUT2D eigenvalue weighted by Gasteiger charge is 2.50. The Morgan fingerprint density at radius 1 is 0.868 bits per heavy atom. The monoisotopic (exact) mass is 506 g/mol. The van der Waals surface area contributed by atoms with Gasteiger partial charge in [0.05, 0.1) is 6.54 Å². The summed E-state index contributed by atoms with van der Waals surface area (Å²) in [6.07, 6.45) is 0. The van der Waals surface area contributed by atoms with Crippen LogP contribution in [0, 0.1) is 5.82 Å². The number of aliphatic imine (C=N–C) groups is 1. The molecular formula is C31H27FN4O2. The molecule has 7 heteroatoms. The van der Waals surface area contributed by atoms with Gasteiger partial charge in [-0.2, -0.15) is 0 Å². The minimum atomic E-state index is -1.28. The van der Waals surface area contributed by atoms with E-state index in [1.54, 1.807) is 42.3 Å². The van der Waals surface area contributed by atoms with E-state index in [-0.39, 0.29) is 30.1 Å². The lowest BCUT2D eigenvalue weighted by molar-refractivity contribution is -0.130. The highest BCUT2D eigenvalue weighted by molar-refractivity contribution is 6.09. The van der Waals surface area contributed by atoms with Gasteiger partial charge in [0.25, 0.3) is 11.8 Å². The van der Waals surface area contributed by atoms with E-state index >= 15 is 0 Å². The number of hydrogen-bond acceptors (Lipinski definition) is 4. The average Bonchev–Trinajstić information content (AvgIpc) is 3.20. The minimum absolute atomic E-state index is 0.118. The maximum atomic E-state index is 14.0. The Morgan fingerprint density at radius 3 is 2.08 bits per heavy atom. The lowest BCUT2D eigenvalue weighted by atomic mass is 9.83. The molecule has 0 saturated heterocycles. The molecule has 0 radical (unpaired) electrons. The van der Waals surface area contributed by atoms with Crippen molar-refractivity contribution >= 4 is 17.8 Å². The predicted octanol–water partition coefficient (Wildman–Crippen LogP) is 4.70. The highest BCUT2D eigenvalue weighted by atomic mass is 19.1. The first-order chi connectivity index (χ1) is 18.4. The molecule has 1 heterocycles. The van der Waals surface area contributed by atoms with Crippen LogP contribution in [0.2, 0.25) is 0 Å². The summed E-state index contributed by atoms with van der Waals surface area (Å²) in [7, 11) is 1.70. The van der Waals surface area contributed by atoms with Crippen molar-refractivity contribution in [3.63, 3.8) is 0 Å². The number of hydrogen-bond donors (Lipinski definition) is 1. The molecule has 0 fully saturated rings. The van der Waals surface area contributed by atoms with Crippen LogP contribution in [0.15, 0.2) is 114 Å². The maximum Gasteiger partial charge on any atom is 0.266 e. The molecular weight excluding hydrogens is 479 g/mol. The van der Waals surface area contributed by atoms with Gasteiger partial charge in [0, 0.05) is 19.2 Å². The standard InChI is InChI=1S/C31H27FN4O2/c1-35(20-22-15-17-27(32)18-16-22)28(37)24-10-8-9-23(19-24)21-36-29(38)31(34-30(36)33,25-11-4-2-5-12-25)26-13-6-3-7-14-26/h2-19H,20-21H2,1H3,(H2,33,34). The van der Waals surface area contributed by atoms with Gasteiger partial charge >= 0.3 is 0 Å². The summed E-state index contributed by atoms with van der Waals surface area (Å²) in [6, 6.07) is 32.0. The number of rotatable bonds is 7. The molecule has 0 saturated carbocycles. The van der Waals surface area contributed by atoms with E-state index in [4.69, 9.17) is 10.7 Å². The largest absolute Gasteiger partial charge is 0.369 e. The van der Waals surface area contributed by atoms with Crippen molar-refractivity contribution < 1.29 is 14.0 Å². The molecule has 2 N–H and O–H groups in total. The third kappa shape index (κ3) is 4.66. The molecule has 0 unspecified atom stereocenters. The summed E-state index contributed by atoms with van der Waals surface area (Å²) in [5, 5.41) is 0. The third-order valence-corrected chi connectivity index (χ3v) is 6.69.